The molecule has 0 aliphatic carbocycles. The van der Waals surface area contributed by atoms with Crippen molar-refractivity contribution in [3.63, 3.8) is 0 Å². The average molecular weight is 362 g/mol. The first kappa shape index (κ1) is 16.5. The minimum Gasteiger partial charge on any atom is -0.350 e. The summed E-state index contributed by atoms with van der Waals surface area (Å²) in [7, 11) is -3.66. The number of amidine groups is 1. The number of amides is 1. The number of likely N-dealkylation sites (tertiary alicyclic amines) is 1. The standard InChI is InChI=1S/C17H22N4O3S/c22-17(19-12-5-3-9-18-11-12)14-7-4-10-21(14)16-13-6-1-2-8-15(13)25(23,24)20-16/h1-2,6,8,12,14,18H,3-5,7,9-11H2,(H,19,22)/t12-,14?/m0/s1. The number of carbonyl (C=O) groups is 1. The Balaban J connectivity index is 1.57. The summed E-state index contributed by atoms with van der Waals surface area (Å²) in [6.45, 7) is 2.42. The Hall–Kier alpha value is -1.93. The van der Waals surface area contributed by atoms with Crippen LogP contribution in [0.15, 0.2) is 33.6 Å². The molecular formula is C17H22N4O3S. The quantitative estimate of drug-likeness (QED) is 0.798. The third-order valence-electron chi connectivity index (χ3n) is 5.08. The summed E-state index contributed by atoms with van der Waals surface area (Å²) in [5.41, 5.74) is 0.599. The van der Waals surface area contributed by atoms with E-state index in [-0.39, 0.29) is 22.9 Å². The van der Waals surface area contributed by atoms with Crippen molar-refractivity contribution >= 4 is 21.8 Å². The van der Waals surface area contributed by atoms with Gasteiger partial charge in [-0.05, 0) is 44.4 Å². The van der Waals surface area contributed by atoms with Gasteiger partial charge in [0, 0.05) is 24.7 Å². The molecule has 7 nitrogen and oxygen atoms in total. The van der Waals surface area contributed by atoms with Crippen LogP contribution >= 0.6 is 0 Å². The molecule has 0 radical (unpaired) electrons. The predicted molar refractivity (Wildman–Crippen MR) is 93.9 cm³/mol. The van der Waals surface area contributed by atoms with Crippen molar-refractivity contribution in [3.8, 4) is 0 Å². The van der Waals surface area contributed by atoms with Crippen LogP contribution in [0.25, 0.3) is 0 Å². The molecule has 2 fully saturated rings. The molecule has 3 aliphatic rings. The summed E-state index contributed by atoms with van der Waals surface area (Å²) in [5.74, 6) is 0.380. The first-order valence-corrected chi connectivity index (χ1v) is 10.2. The Kier molecular flexibility index (Phi) is 4.24. The van der Waals surface area contributed by atoms with Crippen molar-refractivity contribution in [1.29, 1.82) is 0 Å². The molecule has 0 bridgehead atoms. The fraction of sp³-hybridized carbons (Fsp3) is 0.529. The van der Waals surface area contributed by atoms with Gasteiger partial charge in [0.05, 0.1) is 0 Å². The molecule has 134 valence electrons. The summed E-state index contributed by atoms with van der Waals surface area (Å²) in [4.78, 5) is 14.9. The number of nitrogens with one attached hydrogen (secondary N) is 2. The number of sulfonamides is 1. The highest BCUT2D eigenvalue weighted by Gasteiger charge is 2.39. The number of hydrogen-bond donors (Lipinski definition) is 2. The highest BCUT2D eigenvalue weighted by Crippen LogP contribution is 2.31. The van der Waals surface area contributed by atoms with Gasteiger partial charge < -0.3 is 15.5 Å². The molecule has 4 rings (SSSR count). The van der Waals surface area contributed by atoms with Crippen molar-refractivity contribution in [2.24, 2.45) is 4.40 Å². The second-order valence-electron chi connectivity index (χ2n) is 6.79. The van der Waals surface area contributed by atoms with Crippen LogP contribution in [0.1, 0.15) is 31.2 Å². The fourth-order valence-electron chi connectivity index (χ4n) is 3.86. The molecule has 3 aliphatic heterocycles. The lowest BCUT2D eigenvalue weighted by Gasteiger charge is -2.29. The summed E-state index contributed by atoms with van der Waals surface area (Å²) < 4.78 is 28.6. The lowest BCUT2D eigenvalue weighted by Crippen LogP contribution is -2.52. The zero-order valence-electron chi connectivity index (χ0n) is 13.9. The van der Waals surface area contributed by atoms with Crippen LogP contribution in [-0.4, -0.2) is 56.8 Å². The van der Waals surface area contributed by atoms with Gasteiger partial charge in [-0.3, -0.25) is 4.79 Å². The highest BCUT2D eigenvalue weighted by molar-refractivity contribution is 7.90. The number of rotatable bonds is 2. The van der Waals surface area contributed by atoms with Crippen LogP contribution in [-0.2, 0) is 14.8 Å². The second-order valence-corrected chi connectivity index (χ2v) is 8.36. The SMILES string of the molecule is O=C(N[C@H]1CCCNC1)C1CCCN1C1=NS(=O)(=O)c2ccccc21. The lowest BCUT2D eigenvalue weighted by atomic mass is 10.1. The Bertz CT molecular complexity index is 815. The molecule has 2 saturated heterocycles. The summed E-state index contributed by atoms with van der Waals surface area (Å²) in [6, 6.07) is 6.61. The van der Waals surface area contributed by atoms with Gasteiger partial charge in [-0.25, -0.2) is 0 Å². The minimum atomic E-state index is -3.66. The monoisotopic (exact) mass is 362 g/mol. The third kappa shape index (κ3) is 3.04. The molecule has 1 aromatic rings. The molecule has 25 heavy (non-hydrogen) atoms. The van der Waals surface area contributed by atoms with Crippen LogP contribution < -0.4 is 10.6 Å². The average Bonchev–Trinajstić information content (AvgIpc) is 3.19. The first-order valence-electron chi connectivity index (χ1n) is 8.78. The Morgan fingerprint density at radius 3 is 2.88 bits per heavy atom. The van der Waals surface area contributed by atoms with Crippen molar-refractivity contribution in [3.05, 3.63) is 29.8 Å². The topological polar surface area (TPSA) is 90.9 Å². The van der Waals surface area contributed by atoms with E-state index in [1.54, 1.807) is 24.3 Å². The van der Waals surface area contributed by atoms with E-state index in [1.165, 1.54) is 0 Å². The van der Waals surface area contributed by atoms with Crippen molar-refractivity contribution in [2.75, 3.05) is 19.6 Å². The van der Waals surface area contributed by atoms with Gasteiger partial charge >= 0.3 is 0 Å². The molecule has 1 unspecified atom stereocenters. The number of hydrogen-bond acceptors (Lipinski definition) is 5. The molecule has 0 spiro atoms. The number of benzene rings is 1. The summed E-state index contributed by atoms with van der Waals surface area (Å²) in [5, 5.41) is 6.40. The van der Waals surface area contributed by atoms with Gasteiger partial charge in [-0.15, -0.1) is 4.40 Å². The van der Waals surface area contributed by atoms with Crippen molar-refractivity contribution < 1.29 is 13.2 Å². The smallest absolute Gasteiger partial charge is 0.285 e. The van der Waals surface area contributed by atoms with Gasteiger partial charge in [-0.1, -0.05) is 12.1 Å². The van der Waals surface area contributed by atoms with E-state index >= 15 is 0 Å². The zero-order valence-corrected chi connectivity index (χ0v) is 14.8. The maximum atomic E-state index is 12.8. The van der Waals surface area contributed by atoms with Crippen molar-refractivity contribution in [1.82, 2.24) is 15.5 Å². The molecule has 2 atom stereocenters. The maximum Gasteiger partial charge on any atom is 0.285 e. The van der Waals surface area contributed by atoms with E-state index in [0.29, 0.717) is 24.4 Å². The van der Waals surface area contributed by atoms with Gasteiger partial charge in [0.1, 0.15) is 10.9 Å². The zero-order chi connectivity index (χ0) is 17.4. The minimum absolute atomic E-state index is 0.0318. The molecule has 3 heterocycles. The molecule has 8 heteroatoms. The van der Waals surface area contributed by atoms with Gasteiger partial charge in [0.25, 0.3) is 10.0 Å². The van der Waals surface area contributed by atoms with E-state index in [4.69, 9.17) is 0 Å². The van der Waals surface area contributed by atoms with Crippen LogP contribution in [0, 0.1) is 0 Å². The molecule has 1 amide bonds. The van der Waals surface area contributed by atoms with E-state index in [0.717, 1.165) is 32.4 Å². The van der Waals surface area contributed by atoms with Crippen LogP contribution in [0.2, 0.25) is 0 Å². The van der Waals surface area contributed by atoms with Gasteiger partial charge in [0.2, 0.25) is 5.91 Å². The Labute approximate surface area is 147 Å². The maximum absolute atomic E-state index is 12.8. The molecule has 0 aromatic heterocycles. The largest absolute Gasteiger partial charge is 0.350 e. The molecular weight excluding hydrogens is 340 g/mol. The Morgan fingerprint density at radius 2 is 2.08 bits per heavy atom. The van der Waals surface area contributed by atoms with E-state index < -0.39 is 10.0 Å². The number of nitrogens with zero attached hydrogens (tertiary/aromatic N) is 2. The highest BCUT2D eigenvalue weighted by atomic mass is 32.2. The van der Waals surface area contributed by atoms with E-state index in [2.05, 4.69) is 15.0 Å². The summed E-state index contributed by atoms with van der Waals surface area (Å²) in [6.07, 6.45) is 3.59. The van der Waals surface area contributed by atoms with Gasteiger partial charge in [0.15, 0.2) is 5.84 Å². The van der Waals surface area contributed by atoms with Crippen molar-refractivity contribution in [2.45, 2.75) is 42.7 Å². The van der Waals surface area contributed by atoms with E-state index in [1.807, 2.05) is 4.90 Å². The number of piperidine rings is 1. The first-order chi connectivity index (χ1) is 12.1. The fourth-order valence-corrected chi connectivity index (χ4v) is 5.08. The lowest BCUT2D eigenvalue weighted by molar-refractivity contribution is -0.125. The third-order valence-corrected chi connectivity index (χ3v) is 6.41. The molecule has 1 aromatic carbocycles. The van der Waals surface area contributed by atoms with Crippen LogP contribution in [0.3, 0.4) is 0 Å². The van der Waals surface area contributed by atoms with Crippen LogP contribution in [0.4, 0.5) is 0 Å². The number of fused-ring (bicyclic) bond motifs is 1. The van der Waals surface area contributed by atoms with Crippen LogP contribution in [0.5, 0.6) is 0 Å². The molecule has 2 N–H and O–H groups in total. The van der Waals surface area contributed by atoms with Gasteiger partial charge in [-0.2, -0.15) is 8.42 Å². The Morgan fingerprint density at radius 1 is 1.24 bits per heavy atom. The van der Waals surface area contributed by atoms with E-state index in [9.17, 15) is 13.2 Å². The second kappa shape index (κ2) is 6.42. The normalized spacial score (nSPS) is 27.7. The summed E-state index contributed by atoms with van der Waals surface area (Å²) >= 11 is 0. The number of carbonyl (C=O) groups excluding carboxylic acids is 1. The predicted octanol–water partition coefficient (Wildman–Crippen LogP) is 0.468. The molecule has 0 saturated carbocycles.